The Labute approximate surface area is 155 Å². The average Bonchev–Trinajstić information content (AvgIpc) is 2.52. The van der Waals surface area contributed by atoms with Crippen molar-refractivity contribution in [2.45, 2.75) is 18.5 Å². The molecular weight excluding hydrogens is 456 g/mol. The van der Waals surface area contributed by atoms with Crippen molar-refractivity contribution in [3.63, 3.8) is 0 Å². The van der Waals surface area contributed by atoms with E-state index in [1.165, 1.54) is 24.3 Å². The number of anilines is 1. The number of benzene rings is 1. The Morgan fingerprint density at radius 1 is 0.963 bits per heavy atom. The summed E-state index contributed by atoms with van der Waals surface area (Å²) in [5, 5.41) is 1.99. The molecule has 150 valence electrons. The van der Waals surface area contributed by atoms with E-state index in [1.807, 2.05) is 5.32 Å². The second kappa shape index (κ2) is 8.59. The SMILES string of the molecule is COC(=O)C(C(=O)Nc1ccc(Br)cc1)C(=O)OC(C(F)(F)F)C(F)(F)F. The van der Waals surface area contributed by atoms with Gasteiger partial charge < -0.3 is 14.8 Å². The molecule has 0 aliphatic carbocycles. The van der Waals surface area contributed by atoms with Crippen LogP contribution in [-0.4, -0.2) is 43.4 Å². The first-order valence-electron chi connectivity index (χ1n) is 6.75. The maximum Gasteiger partial charge on any atom is 0.434 e. The van der Waals surface area contributed by atoms with Gasteiger partial charge in [0.1, 0.15) is 0 Å². The smallest absolute Gasteiger partial charge is 0.434 e. The highest BCUT2D eigenvalue weighted by Crippen LogP contribution is 2.36. The number of halogens is 7. The number of methoxy groups -OCH3 is 1. The molecule has 0 bridgehead atoms. The predicted octanol–water partition coefficient (Wildman–Crippen LogP) is 3.21. The molecule has 1 atom stereocenters. The van der Waals surface area contributed by atoms with Gasteiger partial charge in [-0.3, -0.25) is 14.4 Å². The highest BCUT2D eigenvalue weighted by atomic mass is 79.9. The lowest BCUT2D eigenvalue weighted by molar-refractivity contribution is -0.314. The van der Waals surface area contributed by atoms with Gasteiger partial charge in [-0.25, -0.2) is 0 Å². The van der Waals surface area contributed by atoms with E-state index in [2.05, 4.69) is 25.4 Å². The molecule has 0 saturated heterocycles. The van der Waals surface area contributed by atoms with Gasteiger partial charge in [0, 0.05) is 10.2 Å². The summed E-state index contributed by atoms with van der Waals surface area (Å²) in [6.07, 6.45) is -16.5. The van der Waals surface area contributed by atoms with Gasteiger partial charge >= 0.3 is 24.3 Å². The van der Waals surface area contributed by atoms with Crippen LogP contribution in [-0.2, 0) is 23.9 Å². The lowest BCUT2D eigenvalue weighted by Gasteiger charge is -2.24. The van der Waals surface area contributed by atoms with Gasteiger partial charge in [0.15, 0.2) is 0 Å². The van der Waals surface area contributed by atoms with Crippen molar-refractivity contribution >= 4 is 39.5 Å². The Kier molecular flexibility index (Phi) is 7.23. The van der Waals surface area contributed by atoms with E-state index in [0.29, 0.717) is 11.6 Å². The molecule has 1 rings (SSSR count). The van der Waals surface area contributed by atoms with E-state index in [1.54, 1.807) is 0 Å². The molecule has 1 unspecified atom stereocenters. The van der Waals surface area contributed by atoms with Crippen LogP contribution in [0.3, 0.4) is 0 Å². The Balaban J connectivity index is 3.07. The molecule has 1 amide bonds. The van der Waals surface area contributed by atoms with Crippen LogP contribution in [0.4, 0.5) is 32.0 Å². The highest BCUT2D eigenvalue weighted by molar-refractivity contribution is 9.10. The molecule has 0 aliphatic heterocycles. The average molecular weight is 466 g/mol. The molecule has 0 saturated carbocycles. The molecule has 0 radical (unpaired) electrons. The van der Waals surface area contributed by atoms with Gasteiger partial charge in [-0.05, 0) is 24.3 Å². The number of hydrogen-bond donors (Lipinski definition) is 1. The maximum atomic E-state index is 12.5. The van der Waals surface area contributed by atoms with Gasteiger partial charge in [0.25, 0.3) is 6.10 Å². The maximum absolute atomic E-state index is 12.5. The summed E-state index contributed by atoms with van der Waals surface area (Å²) in [6, 6.07) is 5.45. The van der Waals surface area contributed by atoms with Crippen molar-refractivity contribution < 1.29 is 50.2 Å². The standard InChI is InChI=1S/C14H10BrF6NO5/c1-26-10(24)8(9(23)22-7-4-2-6(15)3-5-7)11(25)27-12(13(16,17)18)14(19,20)21/h2-5,8,12H,1H3,(H,22,23). The van der Waals surface area contributed by atoms with Gasteiger partial charge in [-0.2, -0.15) is 26.3 Å². The van der Waals surface area contributed by atoms with E-state index in [9.17, 15) is 40.7 Å². The van der Waals surface area contributed by atoms with Crippen molar-refractivity contribution in [1.82, 2.24) is 0 Å². The first-order valence-corrected chi connectivity index (χ1v) is 7.55. The molecule has 6 nitrogen and oxygen atoms in total. The van der Waals surface area contributed by atoms with Gasteiger partial charge in [0.2, 0.25) is 11.8 Å². The van der Waals surface area contributed by atoms with Crippen molar-refractivity contribution in [1.29, 1.82) is 0 Å². The lowest BCUT2D eigenvalue weighted by atomic mass is 10.1. The van der Waals surface area contributed by atoms with Crippen LogP contribution < -0.4 is 5.32 Å². The number of carbonyl (C=O) groups excluding carboxylic acids is 3. The van der Waals surface area contributed by atoms with Crippen LogP contribution in [0, 0.1) is 5.92 Å². The molecule has 13 heteroatoms. The van der Waals surface area contributed by atoms with Gasteiger partial charge in [-0.15, -0.1) is 0 Å². The number of hydrogen-bond acceptors (Lipinski definition) is 5. The fraction of sp³-hybridized carbons (Fsp3) is 0.357. The minimum absolute atomic E-state index is 0.00750. The summed E-state index contributed by atoms with van der Waals surface area (Å²) >= 11 is 3.09. The normalized spacial score (nSPS) is 13.1. The third-order valence-corrected chi connectivity index (χ3v) is 3.40. The van der Waals surface area contributed by atoms with Crippen LogP contribution in [0.5, 0.6) is 0 Å². The second-order valence-electron chi connectivity index (χ2n) is 4.85. The quantitative estimate of drug-likeness (QED) is 0.410. The monoisotopic (exact) mass is 465 g/mol. The third kappa shape index (κ3) is 6.41. The summed E-state index contributed by atoms with van der Waals surface area (Å²) < 4.78 is 83.0. The van der Waals surface area contributed by atoms with Gasteiger partial charge in [0.05, 0.1) is 7.11 Å². The lowest BCUT2D eigenvalue weighted by Crippen LogP contribution is -2.48. The summed E-state index contributed by atoms with van der Waals surface area (Å²) in [5.41, 5.74) is 0.00750. The first-order chi connectivity index (χ1) is 12.3. The Bertz CT molecular complexity index is 689. The molecule has 0 heterocycles. The van der Waals surface area contributed by atoms with Crippen molar-refractivity contribution in [3.05, 3.63) is 28.7 Å². The Morgan fingerprint density at radius 2 is 1.44 bits per heavy atom. The van der Waals surface area contributed by atoms with Crippen LogP contribution >= 0.6 is 15.9 Å². The molecule has 0 spiro atoms. The molecular formula is C14H10BrF6NO5. The van der Waals surface area contributed by atoms with Crippen molar-refractivity contribution in [2.24, 2.45) is 5.92 Å². The van der Waals surface area contributed by atoms with Crippen LogP contribution in [0.2, 0.25) is 0 Å². The second-order valence-corrected chi connectivity index (χ2v) is 5.77. The summed E-state index contributed by atoms with van der Waals surface area (Å²) in [4.78, 5) is 35.3. The zero-order chi connectivity index (χ0) is 21.0. The minimum atomic E-state index is -6.00. The number of rotatable bonds is 5. The number of esters is 2. The van der Waals surface area contributed by atoms with E-state index in [-0.39, 0.29) is 5.69 Å². The number of nitrogens with one attached hydrogen (secondary N) is 1. The molecule has 0 aliphatic rings. The van der Waals surface area contributed by atoms with Crippen LogP contribution in [0.15, 0.2) is 28.7 Å². The molecule has 1 N–H and O–H groups in total. The van der Waals surface area contributed by atoms with E-state index < -0.39 is 42.2 Å². The fourth-order valence-electron chi connectivity index (χ4n) is 1.68. The molecule has 0 fully saturated rings. The Morgan fingerprint density at radius 3 is 1.85 bits per heavy atom. The molecule has 1 aromatic carbocycles. The number of carbonyl (C=O) groups is 3. The van der Waals surface area contributed by atoms with E-state index >= 15 is 0 Å². The zero-order valence-electron chi connectivity index (χ0n) is 13.2. The number of alkyl halides is 6. The number of ether oxygens (including phenoxy) is 2. The highest BCUT2D eigenvalue weighted by Gasteiger charge is 2.60. The minimum Gasteiger partial charge on any atom is -0.468 e. The Hall–Kier alpha value is -2.31. The fourth-order valence-corrected chi connectivity index (χ4v) is 1.94. The molecule has 27 heavy (non-hydrogen) atoms. The summed E-state index contributed by atoms with van der Waals surface area (Å²) in [7, 11) is 0.681. The summed E-state index contributed by atoms with van der Waals surface area (Å²) in [5.74, 6) is -8.29. The van der Waals surface area contributed by atoms with Crippen LogP contribution in [0.25, 0.3) is 0 Å². The summed E-state index contributed by atoms with van der Waals surface area (Å²) in [6.45, 7) is 0. The molecule has 1 aromatic rings. The topological polar surface area (TPSA) is 81.7 Å². The zero-order valence-corrected chi connectivity index (χ0v) is 14.7. The predicted molar refractivity (Wildman–Crippen MR) is 80.3 cm³/mol. The molecule has 0 aromatic heterocycles. The van der Waals surface area contributed by atoms with Crippen LogP contribution in [0.1, 0.15) is 0 Å². The van der Waals surface area contributed by atoms with Crippen molar-refractivity contribution in [2.75, 3.05) is 12.4 Å². The van der Waals surface area contributed by atoms with Gasteiger partial charge in [-0.1, -0.05) is 15.9 Å². The first kappa shape index (κ1) is 22.7. The van der Waals surface area contributed by atoms with E-state index in [4.69, 9.17) is 0 Å². The largest absolute Gasteiger partial charge is 0.468 e. The van der Waals surface area contributed by atoms with E-state index in [0.717, 1.165) is 0 Å². The third-order valence-electron chi connectivity index (χ3n) is 2.88. The van der Waals surface area contributed by atoms with Crippen molar-refractivity contribution in [3.8, 4) is 0 Å². The number of amides is 1.